The molecule has 0 unspecified atom stereocenters. The Morgan fingerprint density at radius 2 is 2.00 bits per heavy atom. The predicted octanol–water partition coefficient (Wildman–Crippen LogP) is -1.07. The lowest BCUT2D eigenvalue weighted by Gasteiger charge is -2.39. The van der Waals surface area contributed by atoms with Gasteiger partial charge < -0.3 is 29.9 Å². The fraction of sp³-hybridized carbons (Fsp3) is 0.600. The average molecular weight is 262 g/mol. The average Bonchev–Trinajstić information content (AvgIpc) is 2.83. The molecule has 5 atom stereocenters. The molecular formula is C10H14O6S. The normalized spacial score (nSPS) is 38.0. The van der Waals surface area contributed by atoms with Crippen molar-refractivity contribution in [3.05, 3.63) is 17.5 Å². The molecule has 2 rings (SSSR count). The topological polar surface area (TPSA) is 99.4 Å². The number of rotatable bonds is 3. The highest BCUT2D eigenvalue weighted by Gasteiger charge is 2.44. The molecule has 0 spiro atoms. The van der Waals surface area contributed by atoms with Crippen molar-refractivity contribution >= 4 is 11.3 Å². The molecule has 1 fully saturated rings. The van der Waals surface area contributed by atoms with Crippen LogP contribution in [0.15, 0.2) is 17.5 Å². The number of hydrogen-bond acceptors (Lipinski definition) is 7. The number of ether oxygens (including phenoxy) is 2. The van der Waals surface area contributed by atoms with Crippen LogP contribution in [-0.2, 0) is 4.74 Å². The summed E-state index contributed by atoms with van der Waals surface area (Å²) in [5, 5.41) is 40.1. The molecule has 1 aliphatic rings. The molecular weight excluding hydrogens is 248 g/mol. The van der Waals surface area contributed by atoms with Crippen LogP contribution in [0.3, 0.4) is 0 Å². The van der Waals surface area contributed by atoms with Crippen molar-refractivity contribution in [2.45, 2.75) is 30.7 Å². The summed E-state index contributed by atoms with van der Waals surface area (Å²) in [7, 11) is 0. The maximum absolute atomic E-state index is 9.68. The van der Waals surface area contributed by atoms with Gasteiger partial charge >= 0.3 is 0 Å². The van der Waals surface area contributed by atoms with Crippen LogP contribution in [0.25, 0.3) is 0 Å². The SMILES string of the molecule is OC[C@H]1O[C@@H](Oc2cccs2)[C@H](O)[C@@H](O)[C@H]1O. The molecule has 1 saturated heterocycles. The van der Waals surface area contributed by atoms with Gasteiger partial charge in [0.05, 0.1) is 6.61 Å². The fourth-order valence-corrected chi connectivity index (χ4v) is 2.21. The van der Waals surface area contributed by atoms with Crippen molar-refractivity contribution in [2.75, 3.05) is 6.61 Å². The first-order chi connectivity index (χ1) is 8.13. The van der Waals surface area contributed by atoms with Crippen LogP contribution < -0.4 is 4.74 Å². The molecule has 1 aromatic rings. The third-order valence-corrected chi connectivity index (χ3v) is 3.33. The first kappa shape index (κ1) is 12.7. The largest absolute Gasteiger partial charge is 0.452 e. The van der Waals surface area contributed by atoms with E-state index in [2.05, 4.69) is 0 Å². The Labute approximate surface area is 102 Å². The minimum absolute atomic E-state index is 0.463. The highest BCUT2D eigenvalue weighted by Crippen LogP contribution is 2.26. The molecule has 96 valence electrons. The molecule has 0 aliphatic carbocycles. The summed E-state index contributed by atoms with van der Waals surface area (Å²) < 4.78 is 10.5. The van der Waals surface area contributed by atoms with Gasteiger partial charge in [-0.15, -0.1) is 11.3 Å². The van der Waals surface area contributed by atoms with Gasteiger partial charge in [-0.2, -0.15) is 0 Å². The Hall–Kier alpha value is -0.700. The Balaban J connectivity index is 2.06. The van der Waals surface area contributed by atoms with Gasteiger partial charge in [-0.1, -0.05) is 0 Å². The third kappa shape index (κ3) is 2.59. The molecule has 0 bridgehead atoms. The van der Waals surface area contributed by atoms with Gasteiger partial charge in [0.15, 0.2) is 5.06 Å². The molecule has 0 aromatic carbocycles. The van der Waals surface area contributed by atoms with Gasteiger partial charge in [0.1, 0.15) is 24.4 Å². The molecule has 0 saturated carbocycles. The van der Waals surface area contributed by atoms with Crippen LogP contribution in [0, 0.1) is 0 Å². The lowest BCUT2D eigenvalue weighted by Crippen LogP contribution is -2.60. The minimum Gasteiger partial charge on any atom is -0.452 e. The highest BCUT2D eigenvalue weighted by molar-refractivity contribution is 7.11. The number of aliphatic hydroxyl groups is 4. The lowest BCUT2D eigenvalue weighted by molar-refractivity contribution is -0.276. The van der Waals surface area contributed by atoms with Crippen molar-refractivity contribution in [2.24, 2.45) is 0 Å². The van der Waals surface area contributed by atoms with Crippen molar-refractivity contribution in [3.8, 4) is 5.06 Å². The van der Waals surface area contributed by atoms with E-state index < -0.39 is 37.3 Å². The summed E-state index contributed by atoms with van der Waals surface area (Å²) in [4.78, 5) is 0. The Kier molecular flexibility index (Phi) is 3.97. The summed E-state index contributed by atoms with van der Waals surface area (Å²) in [5.74, 6) is 0. The minimum atomic E-state index is -1.41. The quantitative estimate of drug-likeness (QED) is 0.553. The summed E-state index contributed by atoms with van der Waals surface area (Å²) in [6.07, 6.45) is -6.19. The van der Waals surface area contributed by atoms with Gasteiger partial charge in [0, 0.05) is 0 Å². The van der Waals surface area contributed by atoms with E-state index >= 15 is 0 Å². The third-order valence-electron chi connectivity index (χ3n) is 2.58. The highest BCUT2D eigenvalue weighted by atomic mass is 32.1. The smallest absolute Gasteiger partial charge is 0.230 e. The van der Waals surface area contributed by atoms with Gasteiger partial charge in [-0.3, -0.25) is 0 Å². The summed E-state index contributed by atoms with van der Waals surface area (Å²) in [5.41, 5.74) is 0. The van der Waals surface area contributed by atoms with Crippen molar-refractivity contribution < 1.29 is 29.9 Å². The second-order valence-corrected chi connectivity index (χ2v) is 4.66. The lowest BCUT2D eigenvalue weighted by atomic mass is 9.99. The van der Waals surface area contributed by atoms with Crippen molar-refractivity contribution in [3.63, 3.8) is 0 Å². The van der Waals surface area contributed by atoms with E-state index in [0.717, 1.165) is 0 Å². The van der Waals surface area contributed by atoms with E-state index in [1.807, 2.05) is 0 Å². The van der Waals surface area contributed by atoms with Gasteiger partial charge in [-0.05, 0) is 17.5 Å². The maximum atomic E-state index is 9.68. The van der Waals surface area contributed by atoms with Crippen LogP contribution in [0.5, 0.6) is 5.06 Å². The van der Waals surface area contributed by atoms with E-state index in [1.165, 1.54) is 11.3 Å². The monoisotopic (exact) mass is 262 g/mol. The Bertz CT molecular complexity index is 341. The van der Waals surface area contributed by atoms with E-state index in [-0.39, 0.29) is 0 Å². The van der Waals surface area contributed by atoms with Gasteiger partial charge in [0.25, 0.3) is 0 Å². The molecule has 1 aromatic heterocycles. The molecule has 0 radical (unpaired) electrons. The summed E-state index contributed by atoms with van der Waals surface area (Å²) in [6, 6.07) is 3.45. The zero-order chi connectivity index (χ0) is 12.4. The molecule has 7 heteroatoms. The second kappa shape index (κ2) is 5.30. The van der Waals surface area contributed by atoms with E-state index in [9.17, 15) is 15.3 Å². The molecule has 2 heterocycles. The van der Waals surface area contributed by atoms with Crippen LogP contribution in [0.4, 0.5) is 0 Å². The number of hydrogen-bond donors (Lipinski definition) is 4. The van der Waals surface area contributed by atoms with Crippen molar-refractivity contribution in [1.82, 2.24) is 0 Å². The molecule has 17 heavy (non-hydrogen) atoms. The molecule has 0 amide bonds. The zero-order valence-electron chi connectivity index (χ0n) is 8.84. The van der Waals surface area contributed by atoms with Crippen LogP contribution in [0.2, 0.25) is 0 Å². The van der Waals surface area contributed by atoms with Crippen LogP contribution >= 0.6 is 11.3 Å². The molecule has 6 nitrogen and oxygen atoms in total. The first-order valence-electron chi connectivity index (χ1n) is 5.14. The van der Waals surface area contributed by atoms with E-state index in [0.29, 0.717) is 5.06 Å². The molecule has 4 N–H and O–H groups in total. The Morgan fingerprint density at radius 3 is 2.59 bits per heavy atom. The van der Waals surface area contributed by atoms with Crippen LogP contribution in [0.1, 0.15) is 0 Å². The van der Waals surface area contributed by atoms with Gasteiger partial charge in [-0.25, -0.2) is 0 Å². The first-order valence-corrected chi connectivity index (χ1v) is 6.02. The standard InChI is InChI=1S/C10H14O6S/c11-4-5-7(12)8(13)9(14)10(15-5)16-6-2-1-3-17-6/h1-3,5,7-14H,4H2/t5-,7+,8+,9-,10+/m1/s1. The van der Waals surface area contributed by atoms with E-state index in [1.54, 1.807) is 17.5 Å². The zero-order valence-corrected chi connectivity index (χ0v) is 9.66. The number of aliphatic hydroxyl groups excluding tert-OH is 4. The summed E-state index contributed by atoms with van der Waals surface area (Å²) in [6.45, 7) is -0.463. The summed E-state index contributed by atoms with van der Waals surface area (Å²) >= 11 is 1.31. The van der Waals surface area contributed by atoms with Crippen molar-refractivity contribution in [1.29, 1.82) is 0 Å². The molecule has 1 aliphatic heterocycles. The predicted molar refractivity (Wildman–Crippen MR) is 58.7 cm³/mol. The van der Waals surface area contributed by atoms with Gasteiger partial charge in [0.2, 0.25) is 6.29 Å². The number of thiophene rings is 1. The fourth-order valence-electron chi connectivity index (χ4n) is 1.61. The maximum Gasteiger partial charge on any atom is 0.230 e. The Morgan fingerprint density at radius 1 is 1.24 bits per heavy atom. The van der Waals surface area contributed by atoms with Crippen LogP contribution in [-0.4, -0.2) is 57.7 Å². The van der Waals surface area contributed by atoms with E-state index in [4.69, 9.17) is 14.6 Å². The second-order valence-electron chi connectivity index (χ2n) is 3.75.